The number of rotatable bonds is 11. The van der Waals surface area contributed by atoms with E-state index in [-0.39, 0.29) is 23.5 Å². The second-order valence-corrected chi connectivity index (χ2v) is 14.2. The molecule has 0 aromatic heterocycles. The first-order chi connectivity index (χ1) is 22.3. The number of aryl methyl sites for hydroxylation is 6. The van der Waals surface area contributed by atoms with Gasteiger partial charge in [-0.1, -0.05) is 65.7 Å². The van der Waals surface area contributed by atoms with Gasteiger partial charge in [-0.15, -0.1) is 0 Å². The highest BCUT2D eigenvalue weighted by molar-refractivity contribution is 7.91. The Kier molecular flexibility index (Phi) is 9.76. The fourth-order valence-corrected chi connectivity index (χ4v) is 8.35. The number of hydrogen-bond donors (Lipinski definition) is 0. The van der Waals surface area contributed by atoms with Crippen molar-refractivity contribution in [2.75, 3.05) is 19.8 Å². The summed E-state index contributed by atoms with van der Waals surface area (Å²) in [6.45, 7) is 9.39. The van der Waals surface area contributed by atoms with Crippen LogP contribution in [0.1, 0.15) is 81.1 Å². The van der Waals surface area contributed by atoms with E-state index in [4.69, 9.17) is 14.0 Å². The smallest absolute Gasteiger partial charge is 0.344 e. The normalized spacial score (nSPS) is 12.3. The Morgan fingerprint density at radius 3 is 1.79 bits per heavy atom. The highest BCUT2D eigenvalue weighted by Gasteiger charge is 2.45. The van der Waals surface area contributed by atoms with Gasteiger partial charge in [0.2, 0.25) is 0 Å². The van der Waals surface area contributed by atoms with Crippen molar-refractivity contribution in [2.45, 2.75) is 48.0 Å². The lowest BCUT2D eigenvalue weighted by Crippen LogP contribution is -2.21. The van der Waals surface area contributed by atoms with Crippen molar-refractivity contribution >= 4 is 30.2 Å². The Morgan fingerprint density at radius 1 is 0.681 bits per heavy atom. The maximum absolute atomic E-state index is 14.5. The molecule has 0 amide bonds. The molecule has 1 aliphatic rings. The zero-order valence-corrected chi connectivity index (χ0v) is 28.3. The minimum Gasteiger partial charge on any atom is -0.482 e. The average Bonchev–Trinajstić information content (AvgIpc) is 3.01. The monoisotopic (exact) mass is 652 g/mol. The summed E-state index contributed by atoms with van der Waals surface area (Å²) in [5.74, 6) is -0.517. The highest BCUT2D eigenvalue weighted by Crippen LogP contribution is 2.54. The van der Waals surface area contributed by atoms with E-state index in [2.05, 4.69) is 0 Å². The highest BCUT2D eigenvalue weighted by atomic mass is 31.2. The molecular weight excluding hydrogens is 615 g/mol. The van der Waals surface area contributed by atoms with Crippen LogP contribution < -0.4 is 4.74 Å². The van der Waals surface area contributed by atoms with Crippen LogP contribution in [-0.2, 0) is 25.0 Å². The van der Waals surface area contributed by atoms with Crippen LogP contribution in [0.15, 0.2) is 66.7 Å². The van der Waals surface area contributed by atoms with E-state index in [9.17, 15) is 23.7 Å². The van der Waals surface area contributed by atoms with Crippen LogP contribution in [-0.4, -0.2) is 42.6 Å². The second kappa shape index (κ2) is 13.6. The van der Waals surface area contributed by atoms with E-state index in [0.29, 0.717) is 45.6 Å². The lowest BCUT2D eigenvalue weighted by Gasteiger charge is -2.21. The first-order valence-electron chi connectivity index (χ1n) is 15.3. The molecule has 0 unspecified atom stereocenters. The summed E-state index contributed by atoms with van der Waals surface area (Å²) < 4.78 is 31.0. The van der Waals surface area contributed by atoms with Crippen molar-refractivity contribution in [3.63, 3.8) is 0 Å². The van der Waals surface area contributed by atoms with Crippen LogP contribution in [0.25, 0.3) is 0 Å². The quantitative estimate of drug-likeness (QED) is 0.0816. The van der Waals surface area contributed by atoms with Crippen molar-refractivity contribution < 1.29 is 37.7 Å². The Morgan fingerprint density at radius 2 is 1.21 bits per heavy atom. The van der Waals surface area contributed by atoms with Gasteiger partial charge in [-0.2, -0.15) is 0 Å². The summed E-state index contributed by atoms with van der Waals surface area (Å²) in [6, 6.07) is 19.7. The fourth-order valence-electron chi connectivity index (χ4n) is 6.30. The molecule has 0 radical (unpaired) electrons. The van der Waals surface area contributed by atoms with Gasteiger partial charge in [0.25, 0.3) is 11.0 Å². The Bertz CT molecular complexity index is 1870. The molecule has 0 saturated heterocycles. The Balaban J connectivity index is 1.27. The number of esters is 1. The van der Waals surface area contributed by atoms with Crippen LogP contribution in [0.4, 0.5) is 0 Å². The van der Waals surface area contributed by atoms with Crippen molar-refractivity contribution in [1.29, 1.82) is 0 Å². The largest absolute Gasteiger partial charge is 0.482 e. The van der Waals surface area contributed by atoms with Gasteiger partial charge in [0.15, 0.2) is 12.4 Å². The molecule has 0 saturated carbocycles. The van der Waals surface area contributed by atoms with Gasteiger partial charge in [0.05, 0.1) is 6.61 Å². The molecule has 0 spiro atoms. The van der Waals surface area contributed by atoms with E-state index in [1.807, 2.05) is 32.0 Å². The number of carbonyl (C=O) groups is 4. The predicted molar refractivity (Wildman–Crippen MR) is 179 cm³/mol. The van der Waals surface area contributed by atoms with Crippen LogP contribution in [0.2, 0.25) is 0 Å². The molecule has 0 bridgehead atoms. The van der Waals surface area contributed by atoms with Gasteiger partial charge in [0, 0.05) is 22.3 Å². The summed E-state index contributed by atoms with van der Waals surface area (Å²) in [5, 5.41) is 0. The van der Waals surface area contributed by atoms with Gasteiger partial charge in [0.1, 0.15) is 12.4 Å². The number of ether oxygens (including phenoxy) is 2. The predicted octanol–water partition coefficient (Wildman–Crippen LogP) is 7.57. The Labute approximate surface area is 274 Å². The first kappa shape index (κ1) is 33.7. The number of hydrogen-bond acceptors (Lipinski definition) is 8. The molecule has 0 aliphatic heterocycles. The van der Waals surface area contributed by atoms with Crippen LogP contribution in [0, 0.1) is 41.5 Å². The molecule has 4 aromatic carbocycles. The zero-order valence-electron chi connectivity index (χ0n) is 27.4. The van der Waals surface area contributed by atoms with Gasteiger partial charge >= 0.3 is 13.3 Å². The third kappa shape index (κ3) is 6.90. The van der Waals surface area contributed by atoms with E-state index in [1.165, 1.54) is 0 Å². The lowest BCUT2D eigenvalue weighted by molar-refractivity contribution is -0.146. The van der Waals surface area contributed by atoms with Crippen molar-refractivity contribution in [1.82, 2.24) is 0 Å². The van der Waals surface area contributed by atoms with E-state index >= 15 is 0 Å². The summed E-state index contributed by atoms with van der Waals surface area (Å²) >= 11 is 0. The van der Waals surface area contributed by atoms with E-state index < -0.39 is 37.6 Å². The minimum absolute atomic E-state index is 0.104. The number of ketones is 1. The maximum atomic E-state index is 14.5. The minimum atomic E-state index is -4.68. The molecule has 242 valence electrons. The van der Waals surface area contributed by atoms with Crippen LogP contribution in [0.5, 0.6) is 5.75 Å². The molecule has 47 heavy (non-hydrogen) atoms. The van der Waals surface area contributed by atoms with Crippen molar-refractivity contribution in [3.05, 3.63) is 133 Å². The third-order valence-corrected chi connectivity index (χ3v) is 10.3. The number of fused-ring (bicyclic) bond motifs is 2. The molecule has 0 atom stereocenters. The van der Waals surface area contributed by atoms with Crippen molar-refractivity contribution in [3.8, 4) is 5.75 Å². The number of benzene rings is 4. The summed E-state index contributed by atoms with van der Waals surface area (Å²) in [7, 11) is -4.68. The maximum Gasteiger partial charge on any atom is 0.344 e. The molecule has 4 aromatic rings. The summed E-state index contributed by atoms with van der Waals surface area (Å²) in [5.41, 5.74) is 5.74. The summed E-state index contributed by atoms with van der Waals surface area (Å²) in [4.78, 5) is 53.4. The van der Waals surface area contributed by atoms with Gasteiger partial charge in [-0.3, -0.25) is 18.9 Å². The number of carbonyl (C=O) groups excluding carboxylic acids is 4. The van der Waals surface area contributed by atoms with Gasteiger partial charge in [-0.25, -0.2) is 4.79 Å². The van der Waals surface area contributed by atoms with E-state index in [0.717, 1.165) is 22.3 Å². The third-order valence-electron chi connectivity index (χ3n) is 8.26. The first-order valence-corrected chi connectivity index (χ1v) is 17.0. The van der Waals surface area contributed by atoms with Crippen LogP contribution >= 0.6 is 7.37 Å². The fraction of sp³-hybridized carbons (Fsp3) is 0.263. The average molecular weight is 653 g/mol. The molecule has 9 heteroatoms. The van der Waals surface area contributed by atoms with Crippen LogP contribution in [0.3, 0.4) is 0 Å². The molecule has 0 heterocycles. The molecule has 0 fully saturated rings. The molecule has 1 aliphatic carbocycles. The summed E-state index contributed by atoms with van der Waals surface area (Å²) in [6.07, 6.45) is 0.626. The topological polar surface area (TPSA) is 113 Å². The molecular formula is C38H37O8P. The lowest BCUT2D eigenvalue weighted by atomic mass is 9.85. The molecule has 8 nitrogen and oxygen atoms in total. The van der Waals surface area contributed by atoms with Gasteiger partial charge in [-0.05, 0) is 93.5 Å². The molecule has 0 N–H and O–H groups in total. The van der Waals surface area contributed by atoms with Gasteiger partial charge < -0.3 is 14.0 Å². The Hall–Kier alpha value is -4.65. The zero-order chi connectivity index (χ0) is 34.0. The second-order valence-electron chi connectivity index (χ2n) is 12.0. The van der Waals surface area contributed by atoms with Crippen molar-refractivity contribution in [2.24, 2.45) is 0 Å². The van der Waals surface area contributed by atoms with E-state index in [1.54, 1.807) is 76.2 Å². The SMILES string of the molecule is Cc1cc(C)c(C(=O)P(=O)(OCCOC(=O)COc2ccc3c(c2)C(=O)c2ccccc2C3)C(=O)c2c(C)cc(C)cc2C)c(C)c1. The standard InChI is InChI=1S/C38H37O8P/c1-22-15-24(3)34(25(4)16-22)37(41)47(43,38(42)35-26(5)17-23(2)18-27(35)6)46-14-13-44-33(39)21-45-30-12-11-29-19-28-9-7-8-10-31(28)36(40)32(29)20-30/h7-12,15-18,20H,13-14,19,21H2,1-6H3. The molecule has 5 rings (SSSR count).